The van der Waals surface area contributed by atoms with Crippen molar-refractivity contribution in [1.29, 1.82) is 0 Å². The molecule has 0 bridgehead atoms. The van der Waals surface area contributed by atoms with Crippen LogP contribution in [0.3, 0.4) is 0 Å². The van der Waals surface area contributed by atoms with Crippen LogP contribution in [0.15, 0.2) is 30.3 Å². The number of amides is 1. The van der Waals surface area contributed by atoms with Gasteiger partial charge in [-0.1, -0.05) is 44.2 Å². The van der Waals surface area contributed by atoms with E-state index in [9.17, 15) is 4.79 Å². The van der Waals surface area contributed by atoms with Crippen LogP contribution in [-0.4, -0.2) is 29.3 Å². The van der Waals surface area contributed by atoms with Crippen molar-refractivity contribution in [1.82, 2.24) is 4.90 Å². The van der Waals surface area contributed by atoms with Crippen molar-refractivity contribution in [2.75, 3.05) is 12.4 Å². The summed E-state index contributed by atoms with van der Waals surface area (Å²) in [6.45, 7) is 6.84. The van der Waals surface area contributed by atoms with Gasteiger partial charge in [-0.25, -0.2) is 0 Å². The van der Waals surface area contributed by atoms with Crippen molar-refractivity contribution in [3.8, 4) is 0 Å². The van der Waals surface area contributed by atoms with Crippen molar-refractivity contribution in [3.05, 3.63) is 35.9 Å². The summed E-state index contributed by atoms with van der Waals surface area (Å²) in [5, 5.41) is 0. The molecule has 1 atom stereocenters. The van der Waals surface area contributed by atoms with Crippen molar-refractivity contribution in [2.24, 2.45) is 0 Å². The Labute approximate surface area is 121 Å². The third-order valence-corrected chi connectivity index (χ3v) is 3.83. The maximum atomic E-state index is 12.7. The maximum Gasteiger partial charge on any atom is 0.230 e. The molecule has 0 aliphatic heterocycles. The number of alkyl halides is 1. The molecule has 0 radical (unpaired) electrons. The van der Waals surface area contributed by atoms with Gasteiger partial charge in [0.25, 0.3) is 0 Å². The van der Waals surface area contributed by atoms with Gasteiger partial charge in [0.2, 0.25) is 5.91 Å². The zero-order valence-corrected chi connectivity index (χ0v) is 12.9. The fourth-order valence-corrected chi connectivity index (χ4v) is 2.61. The lowest BCUT2D eigenvalue weighted by Crippen LogP contribution is -2.43. The van der Waals surface area contributed by atoms with Gasteiger partial charge in [0.05, 0.1) is 5.92 Å². The molecule has 0 aromatic heterocycles. The van der Waals surface area contributed by atoms with Crippen LogP contribution in [-0.2, 0) is 4.79 Å². The first-order valence-electron chi connectivity index (χ1n) is 7.07. The first-order chi connectivity index (χ1) is 9.15. The fraction of sp³-hybridized carbons (Fsp3) is 0.562. The molecule has 0 heterocycles. The largest absolute Gasteiger partial charge is 0.338 e. The predicted octanol–water partition coefficient (Wildman–Crippen LogP) is 4.05. The van der Waals surface area contributed by atoms with Crippen LogP contribution in [0.4, 0.5) is 0 Å². The van der Waals surface area contributed by atoms with Crippen LogP contribution in [0.5, 0.6) is 0 Å². The molecule has 0 aliphatic carbocycles. The third-order valence-electron chi connectivity index (χ3n) is 3.66. The van der Waals surface area contributed by atoms with Crippen LogP contribution in [0, 0.1) is 0 Å². The number of carbonyl (C=O) groups excluding carboxylic acids is 1. The summed E-state index contributed by atoms with van der Waals surface area (Å²) in [4.78, 5) is 14.6. The van der Waals surface area contributed by atoms with Gasteiger partial charge in [-0.2, -0.15) is 0 Å². The van der Waals surface area contributed by atoms with Gasteiger partial charge in [0, 0.05) is 18.5 Å². The minimum Gasteiger partial charge on any atom is -0.338 e. The summed E-state index contributed by atoms with van der Waals surface area (Å²) in [6, 6.07) is 10.2. The molecule has 1 unspecified atom stereocenters. The Hall–Kier alpha value is -1.02. The number of halogens is 1. The molecule has 3 heteroatoms. The van der Waals surface area contributed by atoms with E-state index in [-0.39, 0.29) is 17.9 Å². The summed E-state index contributed by atoms with van der Waals surface area (Å²) in [5.41, 5.74) is 1.07. The molecule has 19 heavy (non-hydrogen) atoms. The third kappa shape index (κ3) is 4.24. The van der Waals surface area contributed by atoms with Crippen LogP contribution in [0.1, 0.15) is 45.1 Å². The number of nitrogens with zero attached hydrogens (tertiary/aromatic N) is 1. The van der Waals surface area contributed by atoms with E-state index < -0.39 is 0 Å². The van der Waals surface area contributed by atoms with E-state index >= 15 is 0 Å². The Kier molecular flexibility index (Phi) is 6.93. The molecule has 0 fully saturated rings. The molecule has 1 aromatic carbocycles. The van der Waals surface area contributed by atoms with Crippen molar-refractivity contribution in [3.63, 3.8) is 0 Å². The second-order valence-corrected chi connectivity index (χ2v) is 5.20. The lowest BCUT2D eigenvalue weighted by atomic mass is 9.98. The smallest absolute Gasteiger partial charge is 0.230 e. The first-order valence-corrected chi connectivity index (χ1v) is 7.60. The number of rotatable bonds is 7. The lowest BCUT2D eigenvalue weighted by Gasteiger charge is -2.32. The van der Waals surface area contributed by atoms with Gasteiger partial charge in [0.15, 0.2) is 0 Å². The molecule has 106 valence electrons. The van der Waals surface area contributed by atoms with Gasteiger partial charge in [0.1, 0.15) is 0 Å². The Morgan fingerprint density at radius 1 is 1.21 bits per heavy atom. The maximum absolute atomic E-state index is 12.7. The SMILES string of the molecule is CCC(CC)N(CCCl)C(=O)C(C)c1ccccc1. The van der Waals surface area contributed by atoms with Crippen molar-refractivity contribution in [2.45, 2.75) is 45.6 Å². The summed E-state index contributed by atoms with van der Waals surface area (Å²) in [7, 11) is 0. The van der Waals surface area contributed by atoms with E-state index in [1.165, 1.54) is 0 Å². The van der Waals surface area contributed by atoms with Gasteiger partial charge in [-0.15, -0.1) is 11.6 Å². The topological polar surface area (TPSA) is 20.3 Å². The zero-order valence-electron chi connectivity index (χ0n) is 12.1. The van der Waals surface area contributed by atoms with Gasteiger partial charge in [-0.3, -0.25) is 4.79 Å². The number of hydrogen-bond donors (Lipinski definition) is 0. The highest BCUT2D eigenvalue weighted by Crippen LogP contribution is 2.21. The molecule has 1 aromatic rings. The molecule has 0 saturated carbocycles. The Morgan fingerprint density at radius 3 is 2.26 bits per heavy atom. The van der Waals surface area contributed by atoms with E-state index in [0.29, 0.717) is 12.4 Å². The zero-order chi connectivity index (χ0) is 14.3. The van der Waals surface area contributed by atoms with E-state index in [0.717, 1.165) is 18.4 Å². The second-order valence-electron chi connectivity index (χ2n) is 4.82. The molecule has 0 spiro atoms. The van der Waals surface area contributed by atoms with Crippen LogP contribution >= 0.6 is 11.6 Å². The summed E-state index contributed by atoms with van der Waals surface area (Å²) >= 11 is 5.86. The first kappa shape index (κ1) is 16.0. The van der Waals surface area contributed by atoms with Crippen molar-refractivity contribution >= 4 is 17.5 Å². The molecular weight excluding hydrogens is 258 g/mol. The van der Waals surface area contributed by atoms with Crippen molar-refractivity contribution < 1.29 is 4.79 Å². The summed E-state index contributed by atoms with van der Waals surface area (Å²) in [6.07, 6.45) is 1.95. The van der Waals surface area contributed by atoms with E-state index in [1.54, 1.807) is 0 Å². The van der Waals surface area contributed by atoms with Gasteiger partial charge < -0.3 is 4.90 Å². The number of hydrogen-bond acceptors (Lipinski definition) is 1. The van der Waals surface area contributed by atoms with Gasteiger partial charge in [-0.05, 0) is 25.3 Å². The average Bonchev–Trinajstić information content (AvgIpc) is 2.47. The highest BCUT2D eigenvalue weighted by Gasteiger charge is 2.25. The second kappa shape index (κ2) is 8.21. The molecule has 0 N–H and O–H groups in total. The van der Waals surface area contributed by atoms with E-state index in [4.69, 9.17) is 11.6 Å². The molecule has 1 amide bonds. The van der Waals surface area contributed by atoms with Gasteiger partial charge >= 0.3 is 0 Å². The standard InChI is InChI=1S/C16H24ClNO/c1-4-15(5-2)18(12-11-17)16(19)13(3)14-9-7-6-8-10-14/h6-10,13,15H,4-5,11-12H2,1-3H3. The molecule has 2 nitrogen and oxygen atoms in total. The normalized spacial score (nSPS) is 12.5. The molecular formula is C16H24ClNO. The summed E-state index contributed by atoms with van der Waals surface area (Å²) < 4.78 is 0. The lowest BCUT2D eigenvalue weighted by molar-refractivity contribution is -0.134. The Balaban J connectivity index is 2.87. The van der Waals surface area contributed by atoms with Crippen LogP contribution in [0.25, 0.3) is 0 Å². The minimum absolute atomic E-state index is 0.106. The number of carbonyl (C=O) groups is 1. The quantitative estimate of drug-likeness (QED) is 0.691. The monoisotopic (exact) mass is 281 g/mol. The predicted molar refractivity (Wildman–Crippen MR) is 81.7 cm³/mol. The van der Waals surface area contributed by atoms with E-state index in [1.807, 2.05) is 42.2 Å². The minimum atomic E-state index is -0.106. The Morgan fingerprint density at radius 2 is 1.79 bits per heavy atom. The highest BCUT2D eigenvalue weighted by atomic mass is 35.5. The average molecular weight is 282 g/mol. The van der Waals surface area contributed by atoms with Crippen LogP contribution < -0.4 is 0 Å². The highest BCUT2D eigenvalue weighted by molar-refractivity contribution is 6.18. The number of benzene rings is 1. The van der Waals surface area contributed by atoms with E-state index in [2.05, 4.69) is 13.8 Å². The molecule has 0 saturated heterocycles. The molecule has 0 aliphatic rings. The Bertz CT molecular complexity index is 376. The summed E-state index contributed by atoms with van der Waals surface area (Å²) in [5.74, 6) is 0.564. The van der Waals surface area contributed by atoms with Crippen LogP contribution in [0.2, 0.25) is 0 Å². The fourth-order valence-electron chi connectivity index (χ4n) is 2.43. The molecule has 1 rings (SSSR count).